The highest BCUT2D eigenvalue weighted by Crippen LogP contribution is 2.12. The zero-order valence-corrected chi connectivity index (χ0v) is 8.41. The molecule has 0 aromatic rings. The maximum absolute atomic E-state index is 9.48. The number of hydrogen-bond donors (Lipinski definition) is 1. The average molecular weight is 176 g/mol. The summed E-state index contributed by atoms with van der Waals surface area (Å²) < 4.78 is 9.95. The number of hydrogen-bond acceptors (Lipinski definition) is 3. The van der Waals surface area contributed by atoms with Crippen LogP contribution in [0, 0.1) is 5.92 Å². The van der Waals surface area contributed by atoms with E-state index in [4.69, 9.17) is 9.47 Å². The lowest BCUT2D eigenvalue weighted by Crippen LogP contribution is -2.26. The van der Waals surface area contributed by atoms with E-state index in [1.807, 2.05) is 13.8 Å². The Balaban J connectivity index is 3.62. The quantitative estimate of drug-likeness (QED) is 0.657. The molecule has 3 heteroatoms. The van der Waals surface area contributed by atoms with Crippen LogP contribution in [0.3, 0.4) is 0 Å². The van der Waals surface area contributed by atoms with E-state index in [0.29, 0.717) is 6.61 Å². The highest BCUT2D eigenvalue weighted by molar-refractivity contribution is 4.66. The molecule has 3 atom stereocenters. The second-order valence-corrected chi connectivity index (χ2v) is 3.28. The molecule has 12 heavy (non-hydrogen) atoms. The van der Waals surface area contributed by atoms with Gasteiger partial charge >= 0.3 is 0 Å². The molecule has 0 aliphatic heterocycles. The van der Waals surface area contributed by atoms with Crippen molar-refractivity contribution in [1.82, 2.24) is 0 Å². The summed E-state index contributed by atoms with van der Waals surface area (Å²) >= 11 is 0. The van der Waals surface area contributed by atoms with Crippen LogP contribution in [0.1, 0.15) is 20.3 Å². The molecule has 0 bridgehead atoms. The predicted octanol–water partition coefficient (Wildman–Crippen LogP) is 1.05. The van der Waals surface area contributed by atoms with Gasteiger partial charge in [0, 0.05) is 14.2 Å². The summed E-state index contributed by atoms with van der Waals surface area (Å²) in [5, 5.41) is 9.48. The molecule has 0 amide bonds. The van der Waals surface area contributed by atoms with E-state index in [1.165, 1.54) is 0 Å². The maximum Gasteiger partial charge on any atom is 0.0799 e. The molecular weight excluding hydrogens is 156 g/mol. The van der Waals surface area contributed by atoms with Crippen LogP contribution in [0.5, 0.6) is 0 Å². The predicted molar refractivity (Wildman–Crippen MR) is 48.1 cm³/mol. The Morgan fingerprint density at radius 3 is 2.25 bits per heavy atom. The highest BCUT2D eigenvalue weighted by atomic mass is 16.5. The number of rotatable bonds is 6. The van der Waals surface area contributed by atoms with Crippen LogP contribution < -0.4 is 0 Å². The molecule has 0 aliphatic carbocycles. The van der Waals surface area contributed by atoms with Gasteiger partial charge in [-0.3, -0.25) is 0 Å². The third-order valence-electron chi connectivity index (χ3n) is 2.10. The van der Waals surface area contributed by atoms with Crippen molar-refractivity contribution in [2.75, 3.05) is 20.8 Å². The molecule has 0 aromatic heterocycles. The molecule has 0 rings (SSSR count). The smallest absolute Gasteiger partial charge is 0.0799 e. The molecule has 1 unspecified atom stereocenters. The van der Waals surface area contributed by atoms with Crippen LogP contribution in [-0.4, -0.2) is 38.1 Å². The highest BCUT2D eigenvalue weighted by Gasteiger charge is 2.16. The normalized spacial score (nSPS) is 18.8. The molecular formula is C9H20O3. The number of aliphatic hydroxyl groups is 1. The fourth-order valence-electron chi connectivity index (χ4n) is 1.11. The first-order valence-electron chi connectivity index (χ1n) is 4.31. The van der Waals surface area contributed by atoms with Crippen LogP contribution >= 0.6 is 0 Å². The van der Waals surface area contributed by atoms with Crippen molar-refractivity contribution in [3.05, 3.63) is 0 Å². The second kappa shape index (κ2) is 6.40. The molecule has 0 saturated heterocycles. The third kappa shape index (κ3) is 4.70. The summed E-state index contributed by atoms with van der Waals surface area (Å²) in [5.41, 5.74) is 0. The minimum Gasteiger partial charge on any atom is -0.390 e. The van der Waals surface area contributed by atoms with Gasteiger partial charge in [-0.25, -0.2) is 0 Å². The van der Waals surface area contributed by atoms with Crippen molar-refractivity contribution in [1.29, 1.82) is 0 Å². The molecule has 0 spiro atoms. The minimum absolute atomic E-state index is 0.200. The molecule has 0 heterocycles. The van der Waals surface area contributed by atoms with Crippen LogP contribution in [0.15, 0.2) is 0 Å². The van der Waals surface area contributed by atoms with Crippen LogP contribution in [-0.2, 0) is 9.47 Å². The van der Waals surface area contributed by atoms with Gasteiger partial charge in [0.15, 0.2) is 0 Å². The summed E-state index contributed by atoms with van der Waals surface area (Å²) in [6.45, 7) is 4.40. The zero-order valence-electron chi connectivity index (χ0n) is 8.41. The Hall–Kier alpha value is -0.120. The first-order chi connectivity index (χ1) is 5.61. The number of ether oxygens (including phenoxy) is 2. The largest absolute Gasteiger partial charge is 0.390 e. The summed E-state index contributed by atoms with van der Waals surface area (Å²) in [6.07, 6.45) is 0.681. The van der Waals surface area contributed by atoms with Gasteiger partial charge in [-0.1, -0.05) is 6.92 Å². The van der Waals surface area contributed by atoms with E-state index in [-0.39, 0.29) is 18.1 Å². The molecule has 0 saturated carbocycles. The molecule has 0 aliphatic rings. The summed E-state index contributed by atoms with van der Waals surface area (Å²) in [7, 11) is 3.27. The van der Waals surface area contributed by atoms with E-state index in [2.05, 4.69) is 0 Å². The monoisotopic (exact) mass is 176 g/mol. The molecule has 0 fully saturated rings. The first-order valence-corrected chi connectivity index (χ1v) is 4.31. The Morgan fingerprint density at radius 1 is 1.25 bits per heavy atom. The van der Waals surface area contributed by atoms with E-state index in [0.717, 1.165) is 6.42 Å². The van der Waals surface area contributed by atoms with E-state index < -0.39 is 0 Å². The van der Waals surface area contributed by atoms with Gasteiger partial charge in [-0.05, 0) is 19.3 Å². The number of methoxy groups -OCH3 is 2. The first kappa shape index (κ1) is 11.9. The second-order valence-electron chi connectivity index (χ2n) is 3.28. The summed E-state index contributed by atoms with van der Waals surface area (Å²) in [5.74, 6) is 0.222. The van der Waals surface area contributed by atoms with Gasteiger partial charge in [0.1, 0.15) is 0 Å². The third-order valence-corrected chi connectivity index (χ3v) is 2.10. The average Bonchev–Trinajstić information content (AvgIpc) is 2.04. The summed E-state index contributed by atoms with van der Waals surface area (Å²) in [6, 6.07) is 0. The van der Waals surface area contributed by atoms with Gasteiger partial charge in [-0.15, -0.1) is 0 Å². The fourth-order valence-corrected chi connectivity index (χ4v) is 1.11. The van der Waals surface area contributed by atoms with Gasteiger partial charge in [0.25, 0.3) is 0 Å². The Labute approximate surface area is 74.7 Å². The number of aliphatic hydroxyl groups excluding tert-OH is 1. The van der Waals surface area contributed by atoms with Gasteiger partial charge in [0.2, 0.25) is 0 Å². The Bertz CT molecular complexity index is 106. The van der Waals surface area contributed by atoms with Crippen molar-refractivity contribution >= 4 is 0 Å². The topological polar surface area (TPSA) is 38.7 Å². The SMILES string of the molecule is COC[C@H](O)[C@H](C)CC(C)OC. The van der Waals surface area contributed by atoms with Crippen LogP contribution in [0.25, 0.3) is 0 Å². The van der Waals surface area contributed by atoms with Crippen molar-refractivity contribution in [3.63, 3.8) is 0 Å². The Kier molecular flexibility index (Phi) is 6.34. The Morgan fingerprint density at radius 2 is 1.83 bits per heavy atom. The fraction of sp³-hybridized carbons (Fsp3) is 1.00. The molecule has 1 N–H and O–H groups in total. The lowest BCUT2D eigenvalue weighted by Gasteiger charge is -2.20. The molecule has 74 valence electrons. The minimum atomic E-state index is -0.382. The van der Waals surface area contributed by atoms with E-state index in [9.17, 15) is 5.11 Å². The molecule has 0 aromatic carbocycles. The van der Waals surface area contributed by atoms with Crippen molar-refractivity contribution < 1.29 is 14.6 Å². The van der Waals surface area contributed by atoms with Crippen molar-refractivity contribution in [2.45, 2.75) is 32.5 Å². The van der Waals surface area contributed by atoms with Crippen LogP contribution in [0.2, 0.25) is 0 Å². The standard InChI is InChI=1S/C9H20O3/c1-7(5-8(2)12-4)9(10)6-11-3/h7-10H,5-6H2,1-4H3/t7-,8?,9+/m1/s1. The van der Waals surface area contributed by atoms with Gasteiger partial charge in [0.05, 0.1) is 18.8 Å². The van der Waals surface area contributed by atoms with E-state index >= 15 is 0 Å². The van der Waals surface area contributed by atoms with Crippen LogP contribution in [0.4, 0.5) is 0 Å². The van der Waals surface area contributed by atoms with Gasteiger partial charge in [-0.2, -0.15) is 0 Å². The lowest BCUT2D eigenvalue weighted by molar-refractivity contribution is 0.00732. The summed E-state index contributed by atoms with van der Waals surface area (Å²) in [4.78, 5) is 0. The molecule has 0 radical (unpaired) electrons. The van der Waals surface area contributed by atoms with Gasteiger partial charge < -0.3 is 14.6 Å². The van der Waals surface area contributed by atoms with Crippen molar-refractivity contribution in [3.8, 4) is 0 Å². The van der Waals surface area contributed by atoms with E-state index in [1.54, 1.807) is 14.2 Å². The van der Waals surface area contributed by atoms with Crippen molar-refractivity contribution in [2.24, 2.45) is 5.92 Å². The maximum atomic E-state index is 9.48. The lowest BCUT2D eigenvalue weighted by atomic mass is 9.98. The zero-order chi connectivity index (χ0) is 9.56. The molecule has 3 nitrogen and oxygen atoms in total.